The molecule has 6 heteroatoms. The second-order valence-electron chi connectivity index (χ2n) is 4.95. The fraction of sp³-hybridized carbons (Fsp3) is 0.357. The maximum absolute atomic E-state index is 11.1. The molecule has 0 aliphatic rings. The molecular formula is C14H17N3O3. The minimum absolute atomic E-state index is 0.0950. The van der Waals surface area contributed by atoms with E-state index in [1.807, 2.05) is 18.2 Å². The van der Waals surface area contributed by atoms with Crippen molar-refractivity contribution >= 4 is 5.69 Å². The minimum Gasteiger partial charge on any atom is -0.434 e. The lowest BCUT2D eigenvalue weighted by atomic mass is 10.0. The van der Waals surface area contributed by atoms with Crippen molar-refractivity contribution in [3.63, 3.8) is 0 Å². The first-order valence-corrected chi connectivity index (χ1v) is 6.36. The molecular weight excluding hydrogens is 258 g/mol. The highest BCUT2D eigenvalue weighted by molar-refractivity contribution is 5.48. The first kappa shape index (κ1) is 14.0. The number of benzene rings is 1. The Morgan fingerprint density at radius 3 is 2.70 bits per heavy atom. The number of nitro groups is 1. The third-order valence-electron chi connectivity index (χ3n) is 3.06. The SMILES string of the molecule is Cc1nn(C)c(Oc2cccc(C(C)C)c2)c1[N+](=O)[O-]. The van der Waals surface area contributed by atoms with Gasteiger partial charge in [-0.15, -0.1) is 0 Å². The summed E-state index contributed by atoms with van der Waals surface area (Å²) in [4.78, 5) is 10.6. The highest BCUT2D eigenvalue weighted by Gasteiger charge is 2.26. The van der Waals surface area contributed by atoms with E-state index in [1.165, 1.54) is 4.68 Å². The molecule has 0 fully saturated rings. The number of rotatable bonds is 4. The summed E-state index contributed by atoms with van der Waals surface area (Å²) in [5, 5.41) is 15.1. The van der Waals surface area contributed by atoms with E-state index < -0.39 is 4.92 Å². The van der Waals surface area contributed by atoms with Crippen LogP contribution in [0.4, 0.5) is 5.69 Å². The molecule has 0 radical (unpaired) electrons. The van der Waals surface area contributed by atoms with Gasteiger partial charge in [0.25, 0.3) is 5.88 Å². The first-order chi connectivity index (χ1) is 9.40. The Balaban J connectivity index is 2.40. The summed E-state index contributed by atoms with van der Waals surface area (Å²) in [7, 11) is 1.63. The van der Waals surface area contributed by atoms with Gasteiger partial charge in [-0.25, -0.2) is 4.68 Å². The number of nitrogens with zero attached hydrogens (tertiary/aromatic N) is 3. The lowest BCUT2D eigenvalue weighted by Gasteiger charge is -2.09. The summed E-state index contributed by atoms with van der Waals surface area (Å²) in [5.74, 6) is 1.08. The van der Waals surface area contributed by atoms with Gasteiger partial charge in [0.2, 0.25) is 0 Å². The van der Waals surface area contributed by atoms with E-state index in [2.05, 4.69) is 18.9 Å². The van der Waals surface area contributed by atoms with Gasteiger partial charge in [-0.1, -0.05) is 26.0 Å². The van der Waals surface area contributed by atoms with Crippen molar-refractivity contribution in [1.29, 1.82) is 0 Å². The third kappa shape index (κ3) is 2.64. The largest absolute Gasteiger partial charge is 0.434 e. The zero-order valence-electron chi connectivity index (χ0n) is 12.0. The molecule has 0 spiro atoms. The van der Waals surface area contributed by atoms with E-state index in [9.17, 15) is 10.1 Å². The van der Waals surface area contributed by atoms with Gasteiger partial charge in [-0.3, -0.25) is 10.1 Å². The molecule has 0 saturated heterocycles. The van der Waals surface area contributed by atoms with E-state index in [-0.39, 0.29) is 11.6 Å². The van der Waals surface area contributed by atoms with Gasteiger partial charge < -0.3 is 4.74 Å². The lowest BCUT2D eigenvalue weighted by molar-refractivity contribution is -0.386. The highest BCUT2D eigenvalue weighted by Crippen LogP contribution is 2.34. The molecule has 1 aromatic heterocycles. The van der Waals surface area contributed by atoms with Crippen LogP contribution in [0.2, 0.25) is 0 Å². The summed E-state index contributed by atoms with van der Waals surface area (Å²) in [6.45, 7) is 5.75. The molecule has 106 valence electrons. The van der Waals surface area contributed by atoms with E-state index >= 15 is 0 Å². The molecule has 2 aromatic rings. The summed E-state index contributed by atoms with van der Waals surface area (Å²) < 4.78 is 7.06. The van der Waals surface area contributed by atoms with Crippen LogP contribution < -0.4 is 4.74 Å². The van der Waals surface area contributed by atoms with Gasteiger partial charge in [-0.2, -0.15) is 5.10 Å². The number of aromatic nitrogens is 2. The molecule has 0 atom stereocenters. The van der Waals surface area contributed by atoms with Crippen molar-refractivity contribution in [3.05, 3.63) is 45.6 Å². The average molecular weight is 275 g/mol. The van der Waals surface area contributed by atoms with Crippen LogP contribution >= 0.6 is 0 Å². The Morgan fingerprint density at radius 2 is 2.10 bits per heavy atom. The molecule has 0 aliphatic heterocycles. The number of ether oxygens (including phenoxy) is 1. The van der Waals surface area contributed by atoms with Crippen LogP contribution in [-0.2, 0) is 7.05 Å². The van der Waals surface area contributed by atoms with Crippen LogP contribution in [0.3, 0.4) is 0 Å². The Labute approximate surface area is 117 Å². The normalized spacial score (nSPS) is 10.8. The maximum atomic E-state index is 11.1. The summed E-state index contributed by atoms with van der Waals surface area (Å²) in [5.41, 5.74) is 1.36. The molecule has 0 bridgehead atoms. The molecule has 0 saturated carbocycles. The lowest BCUT2D eigenvalue weighted by Crippen LogP contribution is -1.98. The Hall–Kier alpha value is -2.37. The average Bonchev–Trinajstić information content (AvgIpc) is 2.64. The molecule has 20 heavy (non-hydrogen) atoms. The zero-order chi connectivity index (χ0) is 14.9. The third-order valence-corrected chi connectivity index (χ3v) is 3.06. The monoisotopic (exact) mass is 275 g/mol. The highest BCUT2D eigenvalue weighted by atomic mass is 16.6. The molecule has 1 aromatic carbocycles. The van der Waals surface area contributed by atoms with E-state index in [0.29, 0.717) is 17.4 Å². The van der Waals surface area contributed by atoms with Gasteiger partial charge in [0.15, 0.2) is 0 Å². The number of hydrogen-bond donors (Lipinski definition) is 0. The van der Waals surface area contributed by atoms with Gasteiger partial charge in [0.1, 0.15) is 11.4 Å². The van der Waals surface area contributed by atoms with Gasteiger partial charge in [0.05, 0.1) is 4.92 Å². The quantitative estimate of drug-likeness (QED) is 0.632. The van der Waals surface area contributed by atoms with Crippen molar-refractivity contribution < 1.29 is 9.66 Å². The second kappa shape index (κ2) is 5.32. The molecule has 2 rings (SSSR count). The first-order valence-electron chi connectivity index (χ1n) is 6.36. The van der Waals surface area contributed by atoms with Crippen molar-refractivity contribution in [2.24, 2.45) is 7.05 Å². The Morgan fingerprint density at radius 1 is 1.40 bits per heavy atom. The molecule has 0 unspecified atom stereocenters. The molecule has 0 N–H and O–H groups in total. The molecule has 0 amide bonds. The van der Waals surface area contributed by atoms with Crippen molar-refractivity contribution in [2.75, 3.05) is 0 Å². The molecule has 1 heterocycles. The Bertz CT molecular complexity index is 647. The van der Waals surface area contributed by atoms with Crippen molar-refractivity contribution in [1.82, 2.24) is 9.78 Å². The van der Waals surface area contributed by atoms with Crippen LogP contribution in [0.25, 0.3) is 0 Å². The Kier molecular flexibility index (Phi) is 3.74. The van der Waals surface area contributed by atoms with Crippen molar-refractivity contribution in [3.8, 4) is 11.6 Å². The van der Waals surface area contributed by atoms with E-state index in [4.69, 9.17) is 4.74 Å². The smallest absolute Gasteiger partial charge is 0.353 e. The van der Waals surface area contributed by atoms with Gasteiger partial charge >= 0.3 is 5.69 Å². The molecule has 6 nitrogen and oxygen atoms in total. The second-order valence-corrected chi connectivity index (χ2v) is 4.95. The van der Waals surface area contributed by atoms with Gasteiger partial charge in [-0.05, 0) is 30.5 Å². The fourth-order valence-electron chi connectivity index (χ4n) is 2.00. The van der Waals surface area contributed by atoms with Crippen LogP contribution in [-0.4, -0.2) is 14.7 Å². The van der Waals surface area contributed by atoms with Crippen molar-refractivity contribution in [2.45, 2.75) is 26.7 Å². The minimum atomic E-state index is -0.468. The van der Waals surface area contributed by atoms with E-state index in [0.717, 1.165) is 5.56 Å². The molecule has 0 aliphatic carbocycles. The maximum Gasteiger partial charge on any atom is 0.353 e. The zero-order valence-corrected chi connectivity index (χ0v) is 12.0. The van der Waals surface area contributed by atoms with Crippen LogP contribution in [0, 0.1) is 17.0 Å². The number of hydrogen-bond acceptors (Lipinski definition) is 4. The summed E-state index contributed by atoms with van der Waals surface area (Å²) in [6.07, 6.45) is 0. The predicted octanol–water partition coefficient (Wildman–Crippen LogP) is 3.55. The topological polar surface area (TPSA) is 70.2 Å². The summed E-state index contributed by atoms with van der Waals surface area (Å²) in [6, 6.07) is 7.54. The van der Waals surface area contributed by atoms with Crippen LogP contribution in [0.5, 0.6) is 11.6 Å². The van der Waals surface area contributed by atoms with E-state index in [1.54, 1.807) is 20.0 Å². The van der Waals surface area contributed by atoms with Crippen LogP contribution in [0.15, 0.2) is 24.3 Å². The standard InChI is InChI=1S/C14H17N3O3/c1-9(2)11-6-5-7-12(8-11)20-14-13(17(18)19)10(3)15-16(14)4/h5-9H,1-4H3. The number of aryl methyl sites for hydroxylation is 2. The fourth-order valence-corrected chi connectivity index (χ4v) is 2.00. The predicted molar refractivity (Wildman–Crippen MR) is 75.2 cm³/mol. The summed E-state index contributed by atoms with van der Waals surface area (Å²) >= 11 is 0. The van der Waals surface area contributed by atoms with Gasteiger partial charge in [0, 0.05) is 7.05 Å². The van der Waals surface area contributed by atoms with Crippen LogP contribution in [0.1, 0.15) is 31.0 Å².